The normalized spacial score (nSPS) is 12.3. The molecule has 1 nitrogen and oxygen atoms in total. The van der Waals surface area contributed by atoms with E-state index in [-0.39, 0.29) is 5.41 Å². The van der Waals surface area contributed by atoms with Crippen molar-refractivity contribution in [2.24, 2.45) is 0 Å². The van der Waals surface area contributed by atoms with Gasteiger partial charge < -0.3 is 4.98 Å². The molecule has 0 atom stereocenters. The van der Waals surface area contributed by atoms with Crippen LogP contribution in [0.1, 0.15) is 32.0 Å². The Morgan fingerprint density at radius 1 is 1.07 bits per heavy atom. The molecule has 0 spiro atoms. The quantitative estimate of drug-likeness (QED) is 0.646. The van der Waals surface area contributed by atoms with Crippen LogP contribution in [0.15, 0.2) is 24.3 Å². The standard InChI is InChI=1S/C13H17N/c1-9-12(13(2,3)4)10-7-5-6-8-11(10)14-9/h5-8,14H,1-4H3. The molecule has 0 aliphatic carbocycles. The predicted octanol–water partition coefficient (Wildman–Crippen LogP) is 3.77. The molecule has 1 aromatic heterocycles. The second-order valence-electron chi connectivity index (χ2n) is 4.92. The van der Waals surface area contributed by atoms with Crippen LogP contribution in [0.3, 0.4) is 0 Å². The SMILES string of the molecule is Cc1[nH]c2ccccc2c1C(C)(C)C. The Hall–Kier alpha value is -1.24. The number of aromatic amines is 1. The minimum atomic E-state index is 0.212. The molecule has 2 rings (SSSR count). The van der Waals surface area contributed by atoms with Crippen molar-refractivity contribution in [3.63, 3.8) is 0 Å². The van der Waals surface area contributed by atoms with Crippen molar-refractivity contribution in [2.75, 3.05) is 0 Å². The maximum Gasteiger partial charge on any atom is 0.0459 e. The summed E-state index contributed by atoms with van der Waals surface area (Å²) < 4.78 is 0. The number of fused-ring (bicyclic) bond motifs is 1. The third-order valence-electron chi connectivity index (χ3n) is 2.64. The summed E-state index contributed by atoms with van der Waals surface area (Å²) in [6.45, 7) is 8.93. The van der Waals surface area contributed by atoms with Gasteiger partial charge in [0, 0.05) is 16.6 Å². The van der Waals surface area contributed by atoms with Gasteiger partial charge in [0.1, 0.15) is 0 Å². The van der Waals surface area contributed by atoms with Crippen molar-refractivity contribution < 1.29 is 0 Å². The summed E-state index contributed by atoms with van der Waals surface area (Å²) in [7, 11) is 0. The molecular formula is C13H17N. The van der Waals surface area contributed by atoms with Gasteiger partial charge in [0.05, 0.1) is 0 Å². The highest BCUT2D eigenvalue weighted by Crippen LogP contribution is 2.32. The zero-order valence-electron chi connectivity index (χ0n) is 9.31. The topological polar surface area (TPSA) is 15.8 Å². The van der Waals surface area contributed by atoms with Crippen molar-refractivity contribution in [1.82, 2.24) is 4.98 Å². The Kier molecular flexibility index (Phi) is 1.91. The molecule has 0 radical (unpaired) electrons. The van der Waals surface area contributed by atoms with E-state index in [1.54, 1.807) is 0 Å². The highest BCUT2D eigenvalue weighted by Gasteiger charge is 2.20. The maximum atomic E-state index is 3.43. The highest BCUT2D eigenvalue weighted by atomic mass is 14.7. The largest absolute Gasteiger partial charge is 0.358 e. The van der Waals surface area contributed by atoms with Crippen molar-refractivity contribution in [3.05, 3.63) is 35.5 Å². The number of para-hydroxylation sites is 1. The van der Waals surface area contributed by atoms with Crippen LogP contribution in [0.5, 0.6) is 0 Å². The van der Waals surface area contributed by atoms with Crippen LogP contribution < -0.4 is 0 Å². The molecule has 0 saturated carbocycles. The summed E-state index contributed by atoms with van der Waals surface area (Å²) in [5.74, 6) is 0. The molecule has 2 aromatic rings. The lowest BCUT2D eigenvalue weighted by Crippen LogP contribution is -2.11. The smallest absolute Gasteiger partial charge is 0.0459 e. The third kappa shape index (κ3) is 1.33. The zero-order valence-corrected chi connectivity index (χ0v) is 9.31. The third-order valence-corrected chi connectivity index (χ3v) is 2.64. The van der Waals surface area contributed by atoms with Crippen molar-refractivity contribution >= 4 is 10.9 Å². The van der Waals surface area contributed by atoms with Gasteiger partial charge in [0.25, 0.3) is 0 Å². The molecule has 1 heterocycles. The van der Waals surface area contributed by atoms with Gasteiger partial charge in [0.2, 0.25) is 0 Å². The number of aromatic nitrogens is 1. The van der Waals surface area contributed by atoms with Crippen LogP contribution >= 0.6 is 0 Å². The number of aryl methyl sites for hydroxylation is 1. The number of benzene rings is 1. The molecule has 14 heavy (non-hydrogen) atoms. The van der Waals surface area contributed by atoms with E-state index in [0.717, 1.165) is 0 Å². The monoisotopic (exact) mass is 187 g/mol. The van der Waals surface area contributed by atoms with Gasteiger partial charge in [-0.05, 0) is 24.0 Å². The second-order valence-corrected chi connectivity index (χ2v) is 4.92. The fraction of sp³-hybridized carbons (Fsp3) is 0.385. The lowest BCUT2D eigenvalue weighted by Gasteiger charge is -2.19. The molecule has 0 aliphatic heterocycles. The van der Waals surface area contributed by atoms with Gasteiger partial charge >= 0.3 is 0 Å². The van der Waals surface area contributed by atoms with E-state index in [9.17, 15) is 0 Å². The van der Waals surface area contributed by atoms with Crippen molar-refractivity contribution in [2.45, 2.75) is 33.1 Å². The molecule has 0 saturated heterocycles. The summed E-state index contributed by atoms with van der Waals surface area (Å²) in [6, 6.07) is 8.51. The first-order valence-corrected chi connectivity index (χ1v) is 5.08. The van der Waals surface area contributed by atoms with Crippen LogP contribution in [-0.4, -0.2) is 4.98 Å². The van der Waals surface area contributed by atoms with E-state index in [0.29, 0.717) is 0 Å². The molecule has 0 amide bonds. The van der Waals surface area contributed by atoms with E-state index in [2.05, 4.69) is 56.9 Å². The van der Waals surface area contributed by atoms with Crippen LogP contribution in [0.4, 0.5) is 0 Å². The summed E-state index contributed by atoms with van der Waals surface area (Å²) in [4.78, 5) is 3.43. The number of hydrogen-bond donors (Lipinski definition) is 1. The van der Waals surface area contributed by atoms with Gasteiger partial charge in [-0.15, -0.1) is 0 Å². The molecule has 74 valence electrons. The second kappa shape index (κ2) is 2.88. The minimum absolute atomic E-state index is 0.212. The molecule has 1 aromatic carbocycles. The fourth-order valence-electron chi connectivity index (χ4n) is 2.24. The van der Waals surface area contributed by atoms with Crippen molar-refractivity contribution in [3.8, 4) is 0 Å². The van der Waals surface area contributed by atoms with Crippen LogP contribution in [-0.2, 0) is 5.41 Å². The zero-order chi connectivity index (χ0) is 10.3. The maximum absolute atomic E-state index is 3.43. The Labute approximate surface area is 85.1 Å². The van der Waals surface area contributed by atoms with Gasteiger partial charge in [-0.1, -0.05) is 39.0 Å². The average molecular weight is 187 g/mol. The van der Waals surface area contributed by atoms with E-state index in [1.807, 2.05) is 0 Å². The Morgan fingerprint density at radius 3 is 2.36 bits per heavy atom. The lowest BCUT2D eigenvalue weighted by molar-refractivity contribution is 0.591. The lowest BCUT2D eigenvalue weighted by atomic mass is 9.85. The summed E-state index contributed by atoms with van der Waals surface area (Å²) >= 11 is 0. The Morgan fingerprint density at radius 2 is 1.71 bits per heavy atom. The highest BCUT2D eigenvalue weighted by molar-refractivity contribution is 5.85. The van der Waals surface area contributed by atoms with Gasteiger partial charge in [-0.3, -0.25) is 0 Å². The average Bonchev–Trinajstić information content (AvgIpc) is 2.38. The van der Waals surface area contributed by atoms with Gasteiger partial charge in [-0.25, -0.2) is 0 Å². The molecule has 0 bridgehead atoms. The van der Waals surface area contributed by atoms with Crippen LogP contribution in [0.2, 0.25) is 0 Å². The molecule has 1 heteroatoms. The number of nitrogens with one attached hydrogen (secondary N) is 1. The van der Waals surface area contributed by atoms with E-state index in [4.69, 9.17) is 0 Å². The minimum Gasteiger partial charge on any atom is -0.358 e. The van der Waals surface area contributed by atoms with Crippen LogP contribution in [0.25, 0.3) is 10.9 Å². The molecule has 0 aliphatic rings. The van der Waals surface area contributed by atoms with Gasteiger partial charge in [-0.2, -0.15) is 0 Å². The Balaban J connectivity index is 2.81. The van der Waals surface area contributed by atoms with Crippen LogP contribution in [0, 0.1) is 6.92 Å². The summed E-state index contributed by atoms with van der Waals surface area (Å²) in [5.41, 5.74) is 4.19. The fourth-order valence-corrected chi connectivity index (χ4v) is 2.24. The molecule has 0 fully saturated rings. The first-order chi connectivity index (χ1) is 6.50. The molecular weight excluding hydrogens is 170 g/mol. The number of hydrogen-bond acceptors (Lipinski definition) is 0. The molecule has 0 unspecified atom stereocenters. The van der Waals surface area contributed by atoms with E-state index >= 15 is 0 Å². The first-order valence-electron chi connectivity index (χ1n) is 5.08. The first kappa shape index (κ1) is 9.32. The number of H-pyrrole nitrogens is 1. The Bertz CT molecular complexity index is 458. The van der Waals surface area contributed by atoms with Gasteiger partial charge in [0.15, 0.2) is 0 Å². The van der Waals surface area contributed by atoms with Crippen molar-refractivity contribution in [1.29, 1.82) is 0 Å². The summed E-state index contributed by atoms with van der Waals surface area (Å²) in [5, 5.41) is 1.36. The van der Waals surface area contributed by atoms with E-state index < -0.39 is 0 Å². The number of rotatable bonds is 0. The summed E-state index contributed by atoms with van der Waals surface area (Å²) in [6.07, 6.45) is 0. The van der Waals surface area contributed by atoms with E-state index in [1.165, 1.54) is 22.2 Å². The predicted molar refractivity (Wildman–Crippen MR) is 61.7 cm³/mol. The molecule has 1 N–H and O–H groups in total.